The van der Waals surface area contributed by atoms with Gasteiger partial charge in [-0.1, -0.05) is 25.1 Å². The Balaban J connectivity index is 1.51. The molecule has 1 saturated heterocycles. The second kappa shape index (κ2) is 8.76. The Morgan fingerprint density at radius 2 is 1.89 bits per heavy atom. The maximum absolute atomic E-state index is 13.6. The minimum absolute atomic E-state index is 0.0432. The van der Waals surface area contributed by atoms with Gasteiger partial charge < -0.3 is 15.0 Å². The van der Waals surface area contributed by atoms with Crippen LogP contribution in [0.3, 0.4) is 0 Å². The third-order valence-corrected chi connectivity index (χ3v) is 8.58. The van der Waals surface area contributed by atoms with Crippen molar-refractivity contribution in [3.63, 3.8) is 0 Å². The summed E-state index contributed by atoms with van der Waals surface area (Å²) in [6, 6.07) is 8.35. The Hall–Kier alpha value is -3.14. The highest BCUT2D eigenvalue weighted by Gasteiger charge is 2.43. The molecule has 0 spiro atoms. The lowest BCUT2D eigenvalue weighted by Gasteiger charge is -2.34. The number of amides is 1. The normalized spacial score (nSPS) is 19.8. The fraction of sp³-hybridized carbons (Fsp3) is 0.500. The Morgan fingerprint density at radius 3 is 2.56 bits per heavy atom. The van der Waals surface area contributed by atoms with Crippen LogP contribution in [0.4, 0.5) is 10.6 Å². The van der Waals surface area contributed by atoms with E-state index in [1.807, 2.05) is 20.8 Å². The van der Waals surface area contributed by atoms with E-state index in [-0.39, 0.29) is 22.4 Å². The molecule has 1 unspecified atom stereocenters. The van der Waals surface area contributed by atoms with Crippen molar-refractivity contribution in [2.24, 2.45) is 0 Å². The van der Waals surface area contributed by atoms with Crippen LogP contribution in [0.1, 0.15) is 58.9 Å². The number of aromatic nitrogens is 3. The number of rotatable bonds is 5. The number of anilines is 1. The number of nitrogens with zero attached hydrogens (tertiary/aromatic N) is 4. The van der Waals surface area contributed by atoms with Gasteiger partial charge in [0.2, 0.25) is 0 Å². The highest BCUT2D eigenvalue weighted by Crippen LogP contribution is 2.51. The Morgan fingerprint density at radius 1 is 1.17 bits per heavy atom. The first-order valence-corrected chi connectivity index (χ1v) is 13.8. The molecule has 5 rings (SSSR count). The van der Waals surface area contributed by atoms with Crippen LogP contribution in [0.25, 0.3) is 11.0 Å². The van der Waals surface area contributed by atoms with Crippen LogP contribution in [0.15, 0.2) is 47.8 Å². The quantitative estimate of drug-likeness (QED) is 0.536. The topological polar surface area (TPSA) is 106 Å². The summed E-state index contributed by atoms with van der Waals surface area (Å²) in [7, 11) is -3.84. The van der Waals surface area contributed by atoms with Crippen LogP contribution in [0.5, 0.6) is 0 Å². The number of carbonyl (C=O) groups is 1. The second-order valence-electron chi connectivity index (χ2n) is 11.0. The largest absolute Gasteiger partial charge is 0.444 e. The van der Waals surface area contributed by atoms with Crippen molar-refractivity contribution in [2.45, 2.75) is 75.3 Å². The van der Waals surface area contributed by atoms with E-state index in [1.165, 1.54) is 10.3 Å². The number of ether oxygens (including phenoxy) is 1. The number of likely N-dealkylation sites (tertiary alicyclic amines) is 1. The van der Waals surface area contributed by atoms with Crippen LogP contribution in [-0.2, 0) is 20.2 Å². The van der Waals surface area contributed by atoms with Crippen molar-refractivity contribution >= 4 is 33.0 Å². The molecule has 1 atom stereocenters. The van der Waals surface area contributed by atoms with Crippen molar-refractivity contribution in [1.29, 1.82) is 0 Å². The number of carbonyl (C=O) groups excluding carboxylic acids is 1. The molecule has 192 valence electrons. The molecule has 10 heteroatoms. The van der Waals surface area contributed by atoms with Gasteiger partial charge in [0.05, 0.1) is 10.3 Å². The van der Waals surface area contributed by atoms with Crippen LogP contribution in [0.2, 0.25) is 0 Å². The minimum atomic E-state index is -3.84. The van der Waals surface area contributed by atoms with Gasteiger partial charge in [0.25, 0.3) is 10.0 Å². The van der Waals surface area contributed by atoms with E-state index in [0.29, 0.717) is 24.6 Å². The van der Waals surface area contributed by atoms with Crippen molar-refractivity contribution in [1.82, 2.24) is 18.8 Å². The maximum Gasteiger partial charge on any atom is 0.410 e. The van der Waals surface area contributed by atoms with Gasteiger partial charge in [0.15, 0.2) is 5.65 Å². The first-order valence-electron chi connectivity index (χ1n) is 12.4. The third-order valence-electron chi connectivity index (χ3n) is 6.92. The molecule has 1 N–H and O–H groups in total. The van der Waals surface area contributed by atoms with Gasteiger partial charge in [0, 0.05) is 25.3 Å². The number of benzene rings is 1. The highest BCUT2D eigenvalue weighted by atomic mass is 32.2. The van der Waals surface area contributed by atoms with Gasteiger partial charge in [0.1, 0.15) is 17.7 Å². The summed E-state index contributed by atoms with van der Waals surface area (Å²) in [6.45, 7) is 8.84. The van der Waals surface area contributed by atoms with E-state index < -0.39 is 15.6 Å². The van der Waals surface area contributed by atoms with E-state index in [1.54, 1.807) is 41.4 Å². The maximum atomic E-state index is 13.6. The zero-order valence-corrected chi connectivity index (χ0v) is 22.0. The molecule has 0 bridgehead atoms. The second-order valence-corrected chi connectivity index (χ2v) is 12.9. The predicted molar refractivity (Wildman–Crippen MR) is 138 cm³/mol. The van der Waals surface area contributed by atoms with E-state index in [2.05, 4.69) is 22.2 Å². The molecule has 3 aromatic rings. The van der Waals surface area contributed by atoms with Crippen molar-refractivity contribution in [2.75, 3.05) is 18.4 Å². The lowest BCUT2D eigenvalue weighted by Crippen LogP contribution is -2.47. The molecule has 9 nitrogen and oxygen atoms in total. The molecule has 1 aromatic carbocycles. The number of hydrogen-bond donors (Lipinski definition) is 1. The van der Waals surface area contributed by atoms with Crippen LogP contribution in [-0.4, -0.2) is 58.1 Å². The summed E-state index contributed by atoms with van der Waals surface area (Å²) < 4.78 is 34.0. The first kappa shape index (κ1) is 24.5. The lowest BCUT2D eigenvalue weighted by atomic mass is 9.98. The molecule has 1 aliphatic carbocycles. The van der Waals surface area contributed by atoms with Crippen LogP contribution in [0, 0.1) is 0 Å². The average molecular weight is 512 g/mol. The molecule has 1 amide bonds. The zero-order chi connectivity index (χ0) is 25.7. The summed E-state index contributed by atoms with van der Waals surface area (Å²) in [6.07, 6.45) is 6.43. The van der Waals surface area contributed by atoms with Crippen molar-refractivity contribution in [3.8, 4) is 0 Å². The van der Waals surface area contributed by atoms with Gasteiger partial charge in [-0.25, -0.2) is 27.2 Å². The Bertz CT molecular complexity index is 1390. The van der Waals surface area contributed by atoms with E-state index >= 15 is 0 Å². The van der Waals surface area contributed by atoms with Gasteiger partial charge in [-0.2, -0.15) is 0 Å². The van der Waals surface area contributed by atoms with E-state index in [9.17, 15) is 13.2 Å². The predicted octanol–water partition coefficient (Wildman–Crippen LogP) is 4.53. The standard InChI is InChI=1S/C26H33N5O4S/c1-25(2,3)35-24(32)30-14-8-9-18(15-30)29-22-21-20(26(4)12-13-26)16-31(23(21)28-17-27-22)36(33,34)19-10-6-5-7-11-19/h5-7,10-11,16-18H,8-9,12-15H2,1-4H3,(H,27,28,29). The van der Waals surface area contributed by atoms with Gasteiger partial charge >= 0.3 is 6.09 Å². The van der Waals surface area contributed by atoms with Crippen LogP contribution < -0.4 is 5.32 Å². The molecule has 3 heterocycles. The molecule has 1 aliphatic heterocycles. The van der Waals surface area contributed by atoms with Gasteiger partial charge in [-0.3, -0.25) is 0 Å². The molecule has 1 saturated carbocycles. The molecule has 36 heavy (non-hydrogen) atoms. The number of fused-ring (bicyclic) bond motifs is 1. The summed E-state index contributed by atoms with van der Waals surface area (Å²) in [5.41, 5.74) is 0.614. The fourth-order valence-electron chi connectivity index (χ4n) is 4.73. The molecule has 2 aliphatic rings. The summed E-state index contributed by atoms with van der Waals surface area (Å²) in [5.74, 6) is 0.598. The number of nitrogens with one attached hydrogen (secondary N) is 1. The SMILES string of the molecule is CC(C)(C)OC(=O)N1CCCC(Nc2ncnc3c2c(C2(C)CC2)cn3S(=O)(=O)c2ccccc2)C1. The van der Waals surface area contributed by atoms with Crippen molar-refractivity contribution in [3.05, 3.63) is 48.4 Å². The fourth-order valence-corrected chi connectivity index (χ4v) is 6.07. The van der Waals surface area contributed by atoms with Crippen LogP contribution >= 0.6 is 0 Å². The zero-order valence-electron chi connectivity index (χ0n) is 21.2. The number of piperidine rings is 1. The Kier molecular flexibility index (Phi) is 5.97. The van der Waals surface area contributed by atoms with Crippen molar-refractivity contribution < 1.29 is 17.9 Å². The monoisotopic (exact) mass is 511 g/mol. The molecular weight excluding hydrogens is 478 g/mol. The van der Waals surface area contributed by atoms with Gasteiger partial charge in [-0.15, -0.1) is 0 Å². The Labute approximate surface area is 211 Å². The molecule has 2 aromatic heterocycles. The highest BCUT2D eigenvalue weighted by molar-refractivity contribution is 7.90. The third kappa shape index (κ3) is 4.66. The summed E-state index contributed by atoms with van der Waals surface area (Å²) in [5, 5.41) is 4.24. The molecule has 2 fully saturated rings. The van der Waals surface area contributed by atoms with E-state index in [0.717, 1.165) is 36.6 Å². The molecule has 0 radical (unpaired) electrons. The molecular formula is C26H33N5O4S. The summed E-state index contributed by atoms with van der Waals surface area (Å²) >= 11 is 0. The number of hydrogen-bond acceptors (Lipinski definition) is 7. The smallest absolute Gasteiger partial charge is 0.410 e. The van der Waals surface area contributed by atoms with E-state index in [4.69, 9.17) is 4.74 Å². The first-order chi connectivity index (χ1) is 17.0. The summed E-state index contributed by atoms with van der Waals surface area (Å²) in [4.78, 5) is 23.5. The van der Waals surface area contributed by atoms with Gasteiger partial charge in [-0.05, 0) is 69.6 Å². The average Bonchev–Trinajstić information content (AvgIpc) is 3.44. The lowest BCUT2D eigenvalue weighted by molar-refractivity contribution is 0.0206. The minimum Gasteiger partial charge on any atom is -0.444 e.